The summed E-state index contributed by atoms with van der Waals surface area (Å²) < 4.78 is 26.0. The number of benzene rings is 2. The fourth-order valence-corrected chi connectivity index (χ4v) is 18.7. The SMILES string of the molecule is O=C(CC12CC3CC(C1)CC(CC(=O)Oc1ccc4c5c1O[C@H]1C(=O)CC[C@@]6(O)[C@@H](C4)N(CC4CC4)CC[C@]516)(C3)C2)Oc1ccc2c3c1O[C@H]1C(=O)CC[C@@]4(O)[C@@H](C2)N(CC2CC2)CC[C@]314. The summed E-state index contributed by atoms with van der Waals surface area (Å²) in [6, 6.07) is 7.67. The van der Waals surface area contributed by atoms with Crippen molar-refractivity contribution in [2.24, 2.45) is 34.5 Å². The van der Waals surface area contributed by atoms with E-state index in [-0.39, 0.29) is 72.1 Å². The first-order valence-corrected chi connectivity index (χ1v) is 25.9. The van der Waals surface area contributed by atoms with Crippen LogP contribution in [0.1, 0.15) is 138 Å². The smallest absolute Gasteiger partial charge is 0.311 e. The molecular formula is C54H62N2O10. The van der Waals surface area contributed by atoms with Crippen molar-refractivity contribution in [3.63, 3.8) is 0 Å². The highest BCUT2D eigenvalue weighted by atomic mass is 16.6. The summed E-state index contributed by atoms with van der Waals surface area (Å²) in [6.45, 7) is 3.61. The zero-order valence-electron chi connectivity index (χ0n) is 38.0. The molecule has 4 heterocycles. The van der Waals surface area contributed by atoms with Crippen molar-refractivity contribution >= 4 is 23.5 Å². The van der Waals surface area contributed by atoms with Gasteiger partial charge < -0.3 is 29.2 Å². The number of ether oxygens (including phenoxy) is 4. The number of esters is 2. The van der Waals surface area contributed by atoms with Crippen LogP contribution in [0.5, 0.6) is 23.0 Å². The Bertz CT molecular complexity index is 2380. The fourth-order valence-electron chi connectivity index (χ4n) is 18.7. The van der Waals surface area contributed by atoms with Gasteiger partial charge in [-0.1, -0.05) is 12.1 Å². The van der Waals surface area contributed by atoms with Gasteiger partial charge in [-0.2, -0.15) is 0 Å². The number of aliphatic hydroxyl groups is 2. The third-order valence-corrected chi connectivity index (χ3v) is 20.9. The van der Waals surface area contributed by atoms with Crippen LogP contribution in [0.2, 0.25) is 0 Å². The van der Waals surface area contributed by atoms with Gasteiger partial charge in [0.05, 0.1) is 34.9 Å². The highest BCUT2D eigenvalue weighted by molar-refractivity contribution is 5.91. The van der Waals surface area contributed by atoms with E-state index in [1.807, 2.05) is 24.3 Å². The van der Waals surface area contributed by atoms with E-state index in [1.54, 1.807) is 0 Å². The lowest BCUT2D eigenvalue weighted by Gasteiger charge is -2.62. The molecule has 10 aliphatic carbocycles. The van der Waals surface area contributed by atoms with Gasteiger partial charge >= 0.3 is 11.9 Å². The highest BCUT2D eigenvalue weighted by Gasteiger charge is 2.75. The molecule has 0 amide bonds. The molecule has 2 spiro atoms. The Morgan fingerprint density at radius 2 is 1.08 bits per heavy atom. The average Bonchev–Trinajstić information content (AvgIpc) is 4.19. The number of carbonyl (C=O) groups is 4. The van der Waals surface area contributed by atoms with Crippen molar-refractivity contribution in [3.05, 3.63) is 46.5 Å². The minimum Gasteiger partial charge on any atom is -0.477 e. The zero-order valence-corrected chi connectivity index (χ0v) is 38.0. The predicted molar refractivity (Wildman–Crippen MR) is 236 cm³/mol. The third kappa shape index (κ3) is 5.15. The lowest BCUT2D eigenvalue weighted by molar-refractivity contribution is -0.188. The van der Waals surface area contributed by atoms with Crippen molar-refractivity contribution in [3.8, 4) is 23.0 Å². The molecule has 12 heteroatoms. The molecular weight excluding hydrogens is 837 g/mol. The van der Waals surface area contributed by atoms with E-state index in [9.17, 15) is 29.4 Å². The van der Waals surface area contributed by atoms with E-state index in [2.05, 4.69) is 9.80 Å². The molecule has 0 aromatic heterocycles. The second kappa shape index (κ2) is 13.1. The average molecular weight is 899 g/mol. The van der Waals surface area contributed by atoms with Gasteiger partial charge in [-0.3, -0.25) is 29.0 Å². The van der Waals surface area contributed by atoms with Crippen molar-refractivity contribution in [1.82, 2.24) is 9.80 Å². The summed E-state index contributed by atoms with van der Waals surface area (Å²) in [5.41, 5.74) is -0.465. The van der Waals surface area contributed by atoms with E-state index in [0.717, 1.165) is 87.0 Å². The quantitative estimate of drug-likeness (QED) is 0.218. The Morgan fingerprint density at radius 3 is 1.50 bits per heavy atom. The number of Topliss-reactive ketones (excluding diaryl/α,β-unsaturated/α-hetero) is 2. The van der Waals surface area contributed by atoms with E-state index in [4.69, 9.17) is 18.9 Å². The maximum Gasteiger partial charge on any atom is 0.311 e. The first kappa shape index (κ1) is 40.1. The largest absolute Gasteiger partial charge is 0.477 e. The van der Waals surface area contributed by atoms with Crippen LogP contribution in [0, 0.1) is 34.5 Å². The summed E-state index contributed by atoms with van der Waals surface area (Å²) in [5, 5.41) is 25.5. The number of carbonyl (C=O) groups excluding carboxylic acids is 4. The Morgan fingerprint density at radius 1 is 0.636 bits per heavy atom. The Kier molecular flexibility index (Phi) is 7.94. The Labute approximate surface area is 385 Å². The molecule has 2 saturated heterocycles. The van der Waals surface area contributed by atoms with Gasteiger partial charge in [-0.15, -0.1) is 0 Å². The first-order valence-electron chi connectivity index (χ1n) is 25.9. The Hall–Kier alpha value is -3.84. The molecule has 8 saturated carbocycles. The number of hydrogen-bond donors (Lipinski definition) is 2. The molecule has 14 aliphatic rings. The molecule has 8 atom stereocenters. The van der Waals surface area contributed by atoms with Gasteiger partial charge in [-0.25, -0.2) is 0 Å². The molecule has 348 valence electrons. The van der Waals surface area contributed by atoms with Gasteiger partial charge in [0.1, 0.15) is 0 Å². The molecule has 10 fully saturated rings. The molecule has 0 unspecified atom stereocenters. The van der Waals surface area contributed by atoms with Crippen LogP contribution < -0.4 is 18.9 Å². The van der Waals surface area contributed by atoms with Crippen LogP contribution >= 0.6 is 0 Å². The molecule has 16 rings (SSSR count). The van der Waals surface area contributed by atoms with Crippen LogP contribution in [0.3, 0.4) is 0 Å². The molecule has 2 N–H and O–H groups in total. The van der Waals surface area contributed by atoms with Crippen LogP contribution in [0.4, 0.5) is 0 Å². The van der Waals surface area contributed by atoms with Gasteiger partial charge in [0.2, 0.25) is 0 Å². The molecule has 4 aliphatic heterocycles. The number of rotatable bonds is 10. The van der Waals surface area contributed by atoms with Gasteiger partial charge in [0.25, 0.3) is 0 Å². The maximum absolute atomic E-state index is 14.3. The molecule has 2 aromatic rings. The Balaban J connectivity index is 0.681. The standard InChI is InChI=1S/C54H62N2O10/c57-35-9-11-53(61)39-18-33-5-7-37(45-43(33)51(53,47(35)65-45)13-15-55(39)26-29-1-2-29)63-41(59)24-49-20-31-17-32(21-49)23-50(22-31,28-49)25-42(60)64-38-8-6-34-19-40-54(62)12-10-36(58)48-52(54,44(34)46(38)66-48)14-16-56(40)27-30-3-4-30/h5-8,29-32,39-40,47-48,61-62H,1-4,9-28H2/t31?,32?,39-,40-,47+,48+,49?,50?,51+,52+,53-,54-/m1/s1. The summed E-state index contributed by atoms with van der Waals surface area (Å²) in [6.07, 6.45) is 13.5. The molecule has 8 bridgehead atoms. The normalized spacial score (nSPS) is 43.8. The van der Waals surface area contributed by atoms with Crippen LogP contribution in [0.15, 0.2) is 24.3 Å². The summed E-state index contributed by atoms with van der Waals surface area (Å²) in [7, 11) is 0. The van der Waals surface area contributed by atoms with Gasteiger partial charge in [0, 0.05) is 49.1 Å². The monoisotopic (exact) mass is 898 g/mol. The van der Waals surface area contributed by atoms with E-state index in [1.165, 1.54) is 25.7 Å². The maximum atomic E-state index is 14.3. The summed E-state index contributed by atoms with van der Waals surface area (Å²) in [4.78, 5) is 61.1. The predicted octanol–water partition coefficient (Wildman–Crippen LogP) is 5.83. The zero-order chi connectivity index (χ0) is 44.3. The molecule has 0 radical (unpaired) electrons. The van der Waals surface area contributed by atoms with Gasteiger partial charge in [-0.05, 0) is 174 Å². The van der Waals surface area contributed by atoms with E-state index < -0.39 is 34.2 Å². The van der Waals surface area contributed by atoms with Crippen molar-refractivity contribution in [1.29, 1.82) is 0 Å². The first-order chi connectivity index (χ1) is 31.8. The minimum absolute atomic E-state index is 0.0220. The number of likely N-dealkylation sites (tertiary alicyclic amines) is 2. The number of hydrogen-bond acceptors (Lipinski definition) is 12. The fraction of sp³-hybridized carbons (Fsp3) is 0.704. The van der Waals surface area contributed by atoms with E-state index >= 15 is 0 Å². The highest BCUT2D eigenvalue weighted by Crippen LogP contribution is 2.70. The summed E-state index contributed by atoms with van der Waals surface area (Å²) in [5.74, 6) is 3.25. The summed E-state index contributed by atoms with van der Waals surface area (Å²) >= 11 is 0. The number of ketones is 2. The lowest BCUT2D eigenvalue weighted by Crippen LogP contribution is -2.76. The second-order valence-electron chi connectivity index (χ2n) is 24.7. The van der Waals surface area contributed by atoms with Crippen molar-refractivity contribution < 1.29 is 48.3 Å². The van der Waals surface area contributed by atoms with Gasteiger partial charge in [0.15, 0.2) is 46.8 Å². The van der Waals surface area contributed by atoms with Crippen LogP contribution in [-0.2, 0) is 42.8 Å². The van der Waals surface area contributed by atoms with Crippen molar-refractivity contribution in [2.45, 2.75) is 175 Å². The minimum atomic E-state index is -1.09. The van der Waals surface area contributed by atoms with E-state index in [0.29, 0.717) is 85.2 Å². The second-order valence-corrected chi connectivity index (χ2v) is 24.7. The van der Waals surface area contributed by atoms with Crippen LogP contribution in [0.25, 0.3) is 0 Å². The van der Waals surface area contributed by atoms with Crippen molar-refractivity contribution in [2.75, 3.05) is 26.2 Å². The molecule has 2 aromatic carbocycles. The molecule has 12 nitrogen and oxygen atoms in total. The topological polar surface area (TPSA) is 152 Å². The number of nitrogens with zero attached hydrogens (tertiary/aromatic N) is 2. The third-order valence-electron chi connectivity index (χ3n) is 20.9. The molecule has 66 heavy (non-hydrogen) atoms. The van der Waals surface area contributed by atoms with Crippen LogP contribution in [-0.4, -0.2) is 105 Å². The lowest BCUT2D eigenvalue weighted by atomic mass is 9.43. The number of piperidine rings is 2.